The van der Waals surface area contributed by atoms with E-state index in [9.17, 15) is 9.18 Å². The average molecular weight is 206 g/mol. The zero-order valence-corrected chi connectivity index (χ0v) is 8.52. The van der Waals surface area contributed by atoms with Gasteiger partial charge in [-0.25, -0.2) is 4.39 Å². The van der Waals surface area contributed by atoms with Crippen LogP contribution in [0, 0.1) is 19.7 Å². The minimum atomic E-state index is -0.554. The fraction of sp³-hybridized carbons (Fsp3) is 0.182. The van der Waals surface area contributed by atoms with Crippen molar-refractivity contribution in [2.45, 2.75) is 13.8 Å². The van der Waals surface area contributed by atoms with Crippen molar-refractivity contribution in [3.05, 3.63) is 34.8 Å². The SMILES string of the molecule is Cc1[nH]c2c(C(N)=O)ccc(F)c2c1C. The zero-order chi connectivity index (χ0) is 11.2. The molecule has 0 atom stereocenters. The van der Waals surface area contributed by atoms with Crippen LogP contribution in [0.25, 0.3) is 10.9 Å². The maximum atomic E-state index is 13.5. The smallest absolute Gasteiger partial charge is 0.250 e. The molecule has 0 aliphatic heterocycles. The summed E-state index contributed by atoms with van der Waals surface area (Å²) in [6, 6.07) is 2.66. The number of aromatic amines is 1. The molecule has 0 aliphatic carbocycles. The minimum absolute atomic E-state index is 0.322. The molecule has 3 nitrogen and oxygen atoms in total. The Labute approximate surface area is 86.1 Å². The fourth-order valence-corrected chi connectivity index (χ4v) is 1.75. The van der Waals surface area contributed by atoms with Gasteiger partial charge in [0.1, 0.15) is 5.82 Å². The second kappa shape index (κ2) is 3.08. The number of nitrogens with two attached hydrogens (primary N) is 1. The summed E-state index contributed by atoms with van der Waals surface area (Å²) in [5.41, 5.74) is 7.67. The van der Waals surface area contributed by atoms with Crippen LogP contribution in [-0.2, 0) is 0 Å². The molecule has 2 aromatic rings. The molecule has 1 aromatic heterocycles. The molecule has 1 heterocycles. The Kier molecular flexibility index (Phi) is 2.00. The van der Waals surface area contributed by atoms with Crippen LogP contribution in [0.3, 0.4) is 0 Å². The average Bonchev–Trinajstić information content (AvgIpc) is 2.44. The van der Waals surface area contributed by atoms with E-state index in [1.54, 1.807) is 0 Å². The minimum Gasteiger partial charge on any atom is -0.366 e. The number of rotatable bonds is 1. The Morgan fingerprint density at radius 1 is 1.40 bits per heavy atom. The molecule has 0 aliphatic rings. The van der Waals surface area contributed by atoms with Gasteiger partial charge in [-0.3, -0.25) is 4.79 Å². The van der Waals surface area contributed by atoms with Gasteiger partial charge in [-0.1, -0.05) is 0 Å². The van der Waals surface area contributed by atoms with E-state index in [4.69, 9.17) is 5.73 Å². The molecule has 78 valence electrons. The third kappa shape index (κ3) is 1.29. The number of hydrogen-bond donors (Lipinski definition) is 2. The predicted octanol–water partition coefficient (Wildman–Crippen LogP) is 2.02. The standard InChI is InChI=1S/C11H11FN2O/c1-5-6(2)14-10-7(11(13)15)3-4-8(12)9(5)10/h3-4,14H,1-2H3,(H2,13,15). The third-order valence-electron chi connectivity index (χ3n) is 2.67. The van der Waals surface area contributed by atoms with Crippen molar-refractivity contribution in [1.82, 2.24) is 4.98 Å². The van der Waals surface area contributed by atoms with Gasteiger partial charge in [0.15, 0.2) is 0 Å². The summed E-state index contributed by atoms with van der Waals surface area (Å²) in [5.74, 6) is -0.891. The largest absolute Gasteiger partial charge is 0.366 e. The van der Waals surface area contributed by atoms with E-state index in [1.807, 2.05) is 13.8 Å². The molecule has 1 aromatic carbocycles. The van der Waals surface area contributed by atoms with Crippen LogP contribution in [0.15, 0.2) is 12.1 Å². The van der Waals surface area contributed by atoms with E-state index in [1.165, 1.54) is 12.1 Å². The molecular formula is C11H11FN2O. The van der Waals surface area contributed by atoms with E-state index in [0.717, 1.165) is 11.3 Å². The zero-order valence-electron chi connectivity index (χ0n) is 8.52. The summed E-state index contributed by atoms with van der Waals surface area (Å²) in [5, 5.41) is 0.448. The Morgan fingerprint density at radius 3 is 2.67 bits per heavy atom. The first-order valence-corrected chi connectivity index (χ1v) is 4.59. The maximum Gasteiger partial charge on any atom is 0.250 e. The highest BCUT2D eigenvalue weighted by molar-refractivity contribution is 6.06. The molecular weight excluding hydrogens is 195 g/mol. The van der Waals surface area contributed by atoms with E-state index in [2.05, 4.69) is 4.98 Å². The lowest BCUT2D eigenvalue weighted by Crippen LogP contribution is -2.11. The first-order valence-electron chi connectivity index (χ1n) is 4.59. The first kappa shape index (κ1) is 9.71. The topological polar surface area (TPSA) is 58.9 Å². The number of hydrogen-bond acceptors (Lipinski definition) is 1. The Hall–Kier alpha value is -1.84. The number of amides is 1. The lowest BCUT2D eigenvalue weighted by molar-refractivity contribution is 0.100. The Bertz CT molecular complexity index is 557. The molecule has 0 spiro atoms. The molecule has 2 rings (SSSR count). The van der Waals surface area contributed by atoms with Crippen molar-refractivity contribution in [2.75, 3.05) is 0 Å². The number of aryl methyl sites for hydroxylation is 2. The fourth-order valence-electron chi connectivity index (χ4n) is 1.75. The number of carbonyl (C=O) groups excluding carboxylic acids is 1. The van der Waals surface area contributed by atoms with Crippen molar-refractivity contribution in [1.29, 1.82) is 0 Å². The third-order valence-corrected chi connectivity index (χ3v) is 2.67. The quantitative estimate of drug-likeness (QED) is 0.736. The van der Waals surface area contributed by atoms with E-state index >= 15 is 0 Å². The van der Waals surface area contributed by atoms with Crippen molar-refractivity contribution in [3.63, 3.8) is 0 Å². The first-order chi connectivity index (χ1) is 7.02. The van der Waals surface area contributed by atoms with Crippen molar-refractivity contribution in [3.8, 4) is 0 Å². The Morgan fingerprint density at radius 2 is 2.07 bits per heavy atom. The van der Waals surface area contributed by atoms with Gasteiger partial charge in [0.25, 0.3) is 5.91 Å². The number of fused-ring (bicyclic) bond motifs is 1. The van der Waals surface area contributed by atoms with Crippen LogP contribution < -0.4 is 5.73 Å². The normalized spacial score (nSPS) is 10.9. The van der Waals surface area contributed by atoms with Gasteiger partial charge in [0.05, 0.1) is 11.1 Å². The highest BCUT2D eigenvalue weighted by atomic mass is 19.1. The molecule has 1 amide bonds. The van der Waals surface area contributed by atoms with Crippen LogP contribution in [-0.4, -0.2) is 10.9 Å². The van der Waals surface area contributed by atoms with Gasteiger partial charge in [0, 0.05) is 11.1 Å². The Balaban J connectivity index is 2.95. The number of primary amides is 1. The summed E-state index contributed by atoms with van der Waals surface area (Å²) < 4.78 is 13.5. The molecule has 0 bridgehead atoms. The van der Waals surface area contributed by atoms with E-state index < -0.39 is 5.91 Å². The second-order valence-corrected chi connectivity index (χ2v) is 3.58. The highest BCUT2D eigenvalue weighted by Gasteiger charge is 2.15. The van der Waals surface area contributed by atoms with Crippen molar-refractivity contribution >= 4 is 16.8 Å². The summed E-state index contributed by atoms with van der Waals surface area (Å²) in [4.78, 5) is 14.1. The van der Waals surface area contributed by atoms with Gasteiger partial charge >= 0.3 is 0 Å². The summed E-state index contributed by atoms with van der Waals surface area (Å²) in [6.07, 6.45) is 0. The van der Waals surface area contributed by atoms with Crippen molar-refractivity contribution in [2.24, 2.45) is 5.73 Å². The molecule has 0 fully saturated rings. The van der Waals surface area contributed by atoms with Crippen LogP contribution in [0.1, 0.15) is 21.6 Å². The molecule has 0 saturated heterocycles. The van der Waals surface area contributed by atoms with Gasteiger partial charge in [-0.2, -0.15) is 0 Å². The number of H-pyrrole nitrogens is 1. The predicted molar refractivity (Wildman–Crippen MR) is 56.2 cm³/mol. The summed E-state index contributed by atoms with van der Waals surface area (Å²) >= 11 is 0. The van der Waals surface area contributed by atoms with Gasteiger partial charge < -0.3 is 10.7 Å². The van der Waals surface area contributed by atoms with Crippen LogP contribution in [0.5, 0.6) is 0 Å². The van der Waals surface area contributed by atoms with Gasteiger partial charge in [0.2, 0.25) is 0 Å². The number of benzene rings is 1. The second-order valence-electron chi connectivity index (χ2n) is 3.58. The van der Waals surface area contributed by atoms with Crippen LogP contribution in [0.2, 0.25) is 0 Å². The van der Waals surface area contributed by atoms with Crippen LogP contribution >= 0.6 is 0 Å². The molecule has 0 unspecified atom stereocenters. The molecule has 4 heteroatoms. The van der Waals surface area contributed by atoms with Gasteiger partial charge in [-0.15, -0.1) is 0 Å². The summed E-state index contributed by atoms with van der Waals surface area (Å²) in [6.45, 7) is 3.64. The highest BCUT2D eigenvalue weighted by Crippen LogP contribution is 2.26. The molecule has 0 saturated carbocycles. The van der Waals surface area contributed by atoms with Gasteiger partial charge in [-0.05, 0) is 31.5 Å². The molecule has 3 N–H and O–H groups in total. The molecule has 0 radical (unpaired) electrons. The summed E-state index contributed by atoms with van der Waals surface area (Å²) in [7, 11) is 0. The van der Waals surface area contributed by atoms with E-state index in [0.29, 0.717) is 16.5 Å². The van der Waals surface area contributed by atoms with E-state index in [-0.39, 0.29) is 5.82 Å². The molecule has 15 heavy (non-hydrogen) atoms. The van der Waals surface area contributed by atoms with Crippen molar-refractivity contribution < 1.29 is 9.18 Å². The number of carbonyl (C=O) groups is 1. The lowest BCUT2D eigenvalue weighted by atomic mass is 10.1. The number of nitrogens with one attached hydrogen (secondary N) is 1. The lowest BCUT2D eigenvalue weighted by Gasteiger charge is -1.99. The maximum absolute atomic E-state index is 13.5. The van der Waals surface area contributed by atoms with Crippen LogP contribution in [0.4, 0.5) is 4.39 Å². The number of aromatic nitrogens is 1. The monoisotopic (exact) mass is 206 g/mol. The number of halogens is 1.